The zero-order chi connectivity index (χ0) is 10.6. The molecule has 1 atom stereocenters. The maximum absolute atomic E-state index is 11.8. The van der Waals surface area contributed by atoms with E-state index in [1.165, 1.54) is 0 Å². The van der Waals surface area contributed by atoms with Gasteiger partial charge < -0.3 is 10.2 Å². The van der Waals surface area contributed by atoms with Crippen LogP contribution < -0.4 is 5.32 Å². The highest BCUT2D eigenvalue weighted by atomic mass is 79.9. The van der Waals surface area contributed by atoms with E-state index >= 15 is 0 Å². The van der Waals surface area contributed by atoms with Gasteiger partial charge >= 0.3 is 0 Å². The van der Waals surface area contributed by atoms with E-state index in [0.717, 1.165) is 30.4 Å². The summed E-state index contributed by atoms with van der Waals surface area (Å²) in [6, 6.07) is -0.109. The number of carbonyl (C=O) groups excluding carboxylic acids is 1. The Bertz CT molecular complexity index is 224. The minimum atomic E-state index is -0.109. The van der Waals surface area contributed by atoms with Gasteiger partial charge in [0.15, 0.2) is 0 Å². The lowest BCUT2D eigenvalue weighted by atomic mass is 10.3. The summed E-state index contributed by atoms with van der Waals surface area (Å²) in [5.41, 5.74) is 0. The number of likely N-dealkylation sites (tertiary alicyclic amines) is 1. The Morgan fingerprint density at radius 3 is 2.64 bits per heavy atom. The molecule has 80 valence electrons. The Morgan fingerprint density at radius 1 is 1.57 bits per heavy atom. The molecule has 3 nitrogen and oxygen atoms in total. The van der Waals surface area contributed by atoms with E-state index in [2.05, 4.69) is 27.8 Å². The van der Waals surface area contributed by atoms with Crippen molar-refractivity contribution in [3.8, 4) is 0 Å². The molecule has 1 N–H and O–H groups in total. The van der Waals surface area contributed by atoms with Crippen LogP contribution in [0.2, 0.25) is 0 Å². The topological polar surface area (TPSA) is 32.3 Å². The van der Waals surface area contributed by atoms with E-state index in [4.69, 9.17) is 0 Å². The molecule has 1 saturated heterocycles. The van der Waals surface area contributed by atoms with Gasteiger partial charge in [0, 0.05) is 24.1 Å². The highest BCUT2D eigenvalue weighted by Crippen LogP contribution is 2.09. The summed E-state index contributed by atoms with van der Waals surface area (Å²) in [6.45, 7) is 8.09. The standard InChI is InChI=1S/C10H17BrN2O/c1-8(11)7-12-9(2)10(14)13-5-3-4-6-13/h9,12H,1,3-7H2,2H3. The van der Waals surface area contributed by atoms with E-state index in [-0.39, 0.29) is 11.9 Å². The molecule has 1 aliphatic heterocycles. The number of carbonyl (C=O) groups is 1. The minimum Gasteiger partial charge on any atom is -0.341 e. The fourth-order valence-electron chi connectivity index (χ4n) is 1.56. The predicted molar refractivity (Wildman–Crippen MR) is 61.3 cm³/mol. The van der Waals surface area contributed by atoms with Crippen molar-refractivity contribution in [2.45, 2.75) is 25.8 Å². The Hall–Kier alpha value is -0.350. The van der Waals surface area contributed by atoms with Gasteiger partial charge in [-0.1, -0.05) is 22.5 Å². The molecular weight excluding hydrogens is 244 g/mol. The Labute approximate surface area is 93.7 Å². The fraction of sp³-hybridized carbons (Fsp3) is 0.700. The lowest BCUT2D eigenvalue weighted by Crippen LogP contribution is -2.43. The number of rotatable bonds is 4. The number of nitrogens with zero attached hydrogens (tertiary/aromatic N) is 1. The van der Waals surface area contributed by atoms with E-state index in [9.17, 15) is 4.79 Å². The molecule has 0 spiro atoms. The van der Waals surface area contributed by atoms with Crippen LogP contribution in [0.4, 0.5) is 0 Å². The molecule has 0 bridgehead atoms. The number of amides is 1. The first kappa shape index (κ1) is 11.7. The van der Waals surface area contributed by atoms with Gasteiger partial charge in [-0.2, -0.15) is 0 Å². The third-order valence-electron chi connectivity index (χ3n) is 2.39. The third-order valence-corrected chi connectivity index (χ3v) is 2.67. The zero-order valence-electron chi connectivity index (χ0n) is 8.55. The van der Waals surface area contributed by atoms with Crippen molar-refractivity contribution in [2.75, 3.05) is 19.6 Å². The van der Waals surface area contributed by atoms with Crippen LogP contribution in [0.1, 0.15) is 19.8 Å². The molecule has 1 aliphatic rings. The normalized spacial score (nSPS) is 18.3. The summed E-state index contributed by atoms with van der Waals surface area (Å²) >= 11 is 3.25. The molecule has 0 aromatic heterocycles. The van der Waals surface area contributed by atoms with Gasteiger partial charge in [-0.05, 0) is 19.8 Å². The molecular formula is C10H17BrN2O. The summed E-state index contributed by atoms with van der Waals surface area (Å²) in [5, 5.41) is 3.12. The van der Waals surface area contributed by atoms with Crippen LogP contribution in [-0.2, 0) is 4.79 Å². The molecule has 1 amide bonds. The highest BCUT2D eigenvalue weighted by molar-refractivity contribution is 9.11. The minimum absolute atomic E-state index is 0.109. The molecule has 0 aliphatic carbocycles. The second kappa shape index (κ2) is 5.51. The SMILES string of the molecule is C=C(Br)CNC(C)C(=O)N1CCCC1. The number of nitrogens with one attached hydrogen (secondary N) is 1. The fourth-order valence-corrected chi connectivity index (χ4v) is 1.72. The lowest BCUT2D eigenvalue weighted by molar-refractivity contribution is -0.131. The number of halogens is 1. The third kappa shape index (κ3) is 3.42. The second-order valence-electron chi connectivity index (χ2n) is 3.65. The molecule has 0 aromatic carbocycles. The van der Waals surface area contributed by atoms with Crippen LogP contribution in [0.15, 0.2) is 11.1 Å². The first-order valence-corrected chi connectivity index (χ1v) is 5.76. The van der Waals surface area contributed by atoms with Gasteiger partial charge in [0.1, 0.15) is 0 Å². The van der Waals surface area contributed by atoms with Crippen LogP contribution >= 0.6 is 15.9 Å². The first-order valence-electron chi connectivity index (χ1n) is 4.96. The predicted octanol–water partition coefficient (Wildman–Crippen LogP) is 1.50. The van der Waals surface area contributed by atoms with Crippen molar-refractivity contribution in [3.05, 3.63) is 11.1 Å². The smallest absolute Gasteiger partial charge is 0.239 e. The summed E-state index contributed by atoms with van der Waals surface area (Å²) in [4.78, 5) is 13.7. The van der Waals surface area contributed by atoms with E-state index < -0.39 is 0 Å². The largest absolute Gasteiger partial charge is 0.341 e. The molecule has 1 heterocycles. The van der Waals surface area contributed by atoms with Crippen LogP contribution in [0.3, 0.4) is 0 Å². The maximum atomic E-state index is 11.8. The maximum Gasteiger partial charge on any atom is 0.239 e. The average Bonchev–Trinajstić information content (AvgIpc) is 2.65. The summed E-state index contributed by atoms with van der Waals surface area (Å²) < 4.78 is 0.874. The molecule has 14 heavy (non-hydrogen) atoms. The van der Waals surface area contributed by atoms with E-state index in [1.54, 1.807) is 0 Å². The first-order chi connectivity index (χ1) is 6.61. The van der Waals surface area contributed by atoms with Crippen molar-refractivity contribution >= 4 is 21.8 Å². The van der Waals surface area contributed by atoms with Gasteiger partial charge in [-0.15, -0.1) is 0 Å². The molecule has 0 saturated carbocycles. The summed E-state index contributed by atoms with van der Waals surface area (Å²) in [6.07, 6.45) is 2.28. The number of hydrogen-bond donors (Lipinski definition) is 1. The van der Waals surface area contributed by atoms with E-state index in [0.29, 0.717) is 6.54 Å². The number of hydrogen-bond acceptors (Lipinski definition) is 2. The quantitative estimate of drug-likeness (QED) is 0.831. The monoisotopic (exact) mass is 260 g/mol. The van der Waals surface area contributed by atoms with Crippen molar-refractivity contribution in [3.63, 3.8) is 0 Å². The van der Waals surface area contributed by atoms with Gasteiger partial charge in [-0.3, -0.25) is 4.79 Å². The van der Waals surface area contributed by atoms with Crippen molar-refractivity contribution < 1.29 is 4.79 Å². The van der Waals surface area contributed by atoms with Gasteiger partial charge in [0.2, 0.25) is 5.91 Å². The van der Waals surface area contributed by atoms with E-state index in [1.807, 2.05) is 11.8 Å². The Balaban J connectivity index is 2.31. The van der Waals surface area contributed by atoms with Gasteiger partial charge in [0.05, 0.1) is 6.04 Å². The summed E-state index contributed by atoms with van der Waals surface area (Å²) in [5.74, 6) is 0.205. The zero-order valence-corrected chi connectivity index (χ0v) is 10.1. The molecule has 1 unspecified atom stereocenters. The average molecular weight is 261 g/mol. The molecule has 0 aromatic rings. The second-order valence-corrected chi connectivity index (χ2v) is 4.77. The van der Waals surface area contributed by atoms with Crippen LogP contribution in [-0.4, -0.2) is 36.5 Å². The highest BCUT2D eigenvalue weighted by Gasteiger charge is 2.22. The summed E-state index contributed by atoms with van der Waals surface area (Å²) in [7, 11) is 0. The molecule has 0 radical (unpaired) electrons. The molecule has 4 heteroatoms. The van der Waals surface area contributed by atoms with Crippen molar-refractivity contribution in [1.29, 1.82) is 0 Å². The van der Waals surface area contributed by atoms with Crippen molar-refractivity contribution in [2.24, 2.45) is 0 Å². The Morgan fingerprint density at radius 2 is 2.14 bits per heavy atom. The molecule has 1 fully saturated rings. The van der Waals surface area contributed by atoms with Crippen molar-refractivity contribution in [1.82, 2.24) is 10.2 Å². The lowest BCUT2D eigenvalue weighted by Gasteiger charge is -2.20. The van der Waals surface area contributed by atoms with Crippen LogP contribution in [0.25, 0.3) is 0 Å². The van der Waals surface area contributed by atoms with Crippen LogP contribution in [0.5, 0.6) is 0 Å². The Kier molecular flexibility index (Phi) is 4.62. The van der Waals surface area contributed by atoms with Gasteiger partial charge in [-0.25, -0.2) is 0 Å². The van der Waals surface area contributed by atoms with Gasteiger partial charge in [0.25, 0.3) is 0 Å². The van der Waals surface area contributed by atoms with Crippen LogP contribution in [0, 0.1) is 0 Å². The molecule has 1 rings (SSSR count).